The smallest absolute Gasteiger partial charge is 0.237 e. The summed E-state index contributed by atoms with van der Waals surface area (Å²) in [5.41, 5.74) is 0. The first kappa shape index (κ1) is 18.7. The standard InChI is InChI=1S/C18H26ClN3O2S/c1-12(15-6-7-16(19)25-15)18(24)22-9-3-4-13(11-22)10-21-17(23)14-5-2-8-20-14/h6-7,12-14,20H,2-5,8-11H2,1H3,(H,21,23). The molecule has 0 radical (unpaired) electrons. The Hall–Kier alpha value is -1.11. The number of amides is 2. The Balaban J connectivity index is 1.50. The minimum Gasteiger partial charge on any atom is -0.354 e. The quantitative estimate of drug-likeness (QED) is 0.821. The van der Waals surface area contributed by atoms with E-state index in [0.29, 0.717) is 12.5 Å². The highest BCUT2D eigenvalue weighted by Crippen LogP contribution is 2.30. The first-order chi connectivity index (χ1) is 12.0. The van der Waals surface area contributed by atoms with Gasteiger partial charge >= 0.3 is 0 Å². The highest BCUT2D eigenvalue weighted by molar-refractivity contribution is 7.16. The van der Waals surface area contributed by atoms with E-state index in [1.165, 1.54) is 11.3 Å². The Kier molecular flexibility index (Phi) is 6.36. The second-order valence-electron chi connectivity index (χ2n) is 7.05. The molecule has 2 saturated heterocycles. The van der Waals surface area contributed by atoms with E-state index in [2.05, 4.69) is 10.6 Å². The lowest BCUT2D eigenvalue weighted by Gasteiger charge is -2.34. The zero-order valence-corrected chi connectivity index (χ0v) is 16.2. The van der Waals surface area contributed by atoms with Crippen molar-refractivity contribution in [2.75, 3.05) is 26.2 Å². The molecule has 0 aliphatic carbocycles. The average molecular weight is 384 g/mol. The van der Waals surface area contributed by atoms with Crippen molar-refractivity contribution in [3.8, 4) is 0 Å². The number of halogens is 1. The Morgan fingerprint density at radius 2 is 2.24 bits per heavy atom. The molecular formula is C18H26ClN3O2S. The minimum absolute atomic E-state index is 0.0371. The van der Waals surface area contributed by atoms with Crippen molar-refractivity contribution in [1.82, 2.24) is 15.5 Å². The summed E-state index contributed by atoms with van der Waals surface area (Å²) in [4.78, 5) is 27.9. The molecule has 0 bridgehead atoms. The Morgan fingerprint density at radius 1 is 1.40 bits per heavy atom. The van der Waals surface area contributed by atoms with Gasteiger partial charge in [0.15, 0.2) is 0 Å². The van der Waals surface area contributed by atoms with Crippen LogP contribution in [0, 0.1) is 5.92 Å². The van der Waals surface area contributed by atoms with Gasteiger partial charge in [-0.2, -0.15) is 0 Å². The summed E-state index contributed by atoms with van der Waals surface area (Å²) in [6.45, 7) is 5.05. The van der Waals surface area contributed by atoms with Crippen LogP contribution in [0.4, 0.5) is 0 Å². The molecule has 2 fully saturated rings. The van der Waals surface area contributed by atoms with Crippen molar-refractivity contribution in [2.45, 2.75) is 44.6 Å². The number of hydrogen-bond donors (Lipinski definition) is 2. The second-order valence-corrected chi connectivity index (χ2v) is 8.80. The van der Waals surface area contributed by atoms with Crippen LogP contribution >= 0.6 is 22.9 Å². The third-order valence-corrected chi connectivity index (χ3v) is 6.58. The van der Waals surface area contributed by atoms with Crippen LogP contribution in [0.1, 0.15) is 43.4 Å². The molecule has 3 unspecified atom stereocenters. The minimum atomic E-state index is -0.159. The van der Waals surface area contributed by atoms with Crippen LogP contribution in [-0.4, -0.2) is 48.9 Å². The highest BCUT2D eigenvalue weighted by Gasteiger charge is 2.29. The van der Waals surface area contributed by atoms with Crippen LogP contribution in [0.15, 0.2) is 12.1 Å². The van der Waals surface area contributed by atoms with Gasteiger partial charge < -0.3 is 15.5 Å². The molecule has 2 aliphatic heterocycles. The van der Waals surface area contributed by atoms with Crippen LogP contribution < -0.4 is 10.6 Å². The van der Waals surface area contributed by atoms with Gasteiger partial charge in [0.05, 0.1) is 16.3 Å². The lowest BCUT2D eigenvalue weighted by molar-refractivity contribution is -0.134. The van der Waals surface area contributed by atoms with Gasteiger partial charge in [-0.25, -0.2) is 0 Å². The van der Waals surface area contributed by atoms with Crippen molar-refractivity contribution in [1.29, 1.82) is 0 Å². The van der Waals surface area contributed by atoms with Crippen LogP contribution in [0.25, 0.3) is 0 Å². The number of nitrogens with zero attached hydrogens (tertiary/aromatic N) is 1. The highest BCUT2D eigenvalue weighted by atomic mass is 35.5. The lowest BCUT2D eigenvalue weighted by Crippen LogP contribution is -2.47. The molecule has 5 nitrogen and oxygen atoms in total. The predicted molar refractivity (Wildman–Crippen MR) is 101 cm³/mol. The number of nitrogens with one attached hydrogen (secondary N) is 2. The largest absolute Gasteiger partial charge is 0.354 e. The van der Waals surface area contributed by atoms with Gasteiger partial charge in [-0.15, -0.1) is 11.3 Å². The summed E-state index contributed by atoms with van der Waals surface area (Å²) in [6, 6.07) is 3.74. The van der Waals surface area contributed by atoms with E-state index in [-0.39, 0.29) is 23.8 Å². The van der Waals surface area contributed by atoms with Crippen molar-refractivity contribution in [3.05, 3.63) is 21.3 Å². The molecule has 2 amide bonds. The molecule has 2 aliphatic rings. The molecule has 2 N–H and O–H groups in total. The molecule has 7 heteroatoms. The molecule has 3 heterocycles. The van der Waals surface area contributed by atoms with Crippen LogP contribution in [0.2, 0.25) is 4.34 Å². The van der Waals surface area contributed by atoms with Crippen LogP contribution in [-0.2, 0) is 9.59 Å². The molecule has 0 aromatic carbocycles. The number of rotatable bonds is 5. The number of carbonyl (C=O) groups excluding carboxylic acids is 2. The molecule has 3 atom stereocenters. The van der Waals surface area contributed by atoms with Crippen molar-refractivity contribution < 1.29 is 9.59 Å². The van der Waals surface area contributed by atoms with E-state index in [0.717, 1.165) is 54.5 Å². The van der Waals surface area contributed by atoms with Gasteiger partial charge in [-0.3, -0.25) is 9.59 Å². The molecule has 0 spiro atoms. The van der Waals surface area contributed by atoms with E-state index in [1.54, 1.807) is 0 Å². The maximum absolute atomic E-state index is 12.8. The molecule has 0 saturated carbocycles. The van der Waals surface area contributed by atoms with E-state index in [1.807, 2.05) is 24.0 Å². The molecule has 1 aromatic heterocycles. The maximum atomic E-state index is 12.8. The zero-order chi connectivity index (χ0) is 17.8. The normalized spacial score (nSPS) is 25.0. The Morgan fingerprint density at radius 3 is 2.92 bits per heavy atom. The summed E-state index contributed by atoms with van der Waals surface area (Å²) >= 11 is 7.46. The second kappa shape index (κ2) is 8.52. The fraction of sp³-hybridized carbons (Fsp3) is 0.667. The predicted octanol–water partition coefficient (Wildman–Crippen LogP) is 2.61. The third-order valence-electron chi connectivity index (χ3n) is 5.16. The van der Waals surface area contributed by atoms with Crippen molar-refractivity contribution in [3.63, 3.8) is 0 Å². The summed E-state index contributed by atoms with van der Waals surface area (Å²) in [6.07, 6.45) is 4.03. The fourth-order valence-electron chi connectivity index (χ4n) is 3.66. The topological polar surface area (TPSA) is 61.4 Å². The number of hydrogen-bond acceptors (Lipinski definition) is 4. The summed E-state index contributed by atoms with van der Waals surface area (Å²) < 4.78 is 0.717. The molecular weight excluding hydrogens is 358 g/mol. The first-order valence-electron chi connectivity index (χ1n) is 9.09. The molecule has 3 rings (SSSR count). The van der Waals surface area contributed by atoms with E-state index in [4.69, 9.17) is 11.6 Å². The van der Waals surface area contributed by atoms with E-state index >= 15 is 0 Å². The van der Waals surface area contributed by atoms with Gasteiger partial charge in [0.25, 0.3) is 0 Å². The van der Waals surface area contributed by atoms with Crippen molar-refractivity contribution in [2.24, 2.45) is 5.92 Å². The van der Waals surface area contributed by atoms with E-state index < -0.39 is 0 Å². The molecule has 1 aromatic rings. The third kappa shape index (κ3) is 4.74. The lowest BCUT2D eigenvalue weighted by atomic mass is 9.96. The van der Waals surface area contributed by atoms with Gasteiger partial charge in [0.1, 0.15) is 0 Å². The zero-order valence-electron chi connectivity index (χ0n) is 14.6. The number of likely N-dealkylation sites (tertiary alicyclic amines) is 1. The monoisotopic (exact) mass is 383 g/mol. The number of carbonyl (C=O) groups is 2. The number of thiophene rings is 1. The van der Waals surface area contributed by atoms with Gasteiger partial charge in [0.2, 0.25) is 11.8 Å². The van der Waals surface area contributed by atoms with Crippen LogP contribution in [0.5, 0.6) is 0 Å². The Labute approximate surface area is 158 Å². The Bertz CT molecular complexity index is 615. The average Bonchev–Trinajstić information content (AvgIpc) is 3.30. The summed E-state index contributed by atoms with van der Waals surface area (Å²) in [7, 11) is 0. The van der Waals surface area contributed by atoms with E-state index in [9.17, 15) is 9.59 Å². The van der Waals surface area contributed by atoms with Gasteiger partial charge in [-0.05, 0) is 57.2 Å². The van der Waals surface area contributed by atoms with Gasteiger partial charge in [0, 0.05) is 24.5 Å². The van der Waals surface area contributed by atoms with Crippen molar-refractivity contribution >= 4 is 34.8 Å². The summed E-state index contributed by atoms with van der Waals surface area (Å²) in [5, 5.41) is 6.28. The maximum Gasteiger partial charge on any atom is 0.237 e. The van der Waals surface area contributed by atoms with Gasteiger partial charge in [-0.1, -0.05) is 11.6 Å². The SMILES string of the molecule is CC(C(=O)N1CCCC(CNC(=O)C2CCCN2)C1)c1ccc(Cl)s1. The first-order valence-corrected chi connectivity index (χ1v) is 10.3. The fourth-order valence-corrected chi connectivity index (χ4v) is 4.77. The number of piperidine rings is 1. The van der Waals surface area contributed by atoms with Crippen LogP contribution in [0.3, 0.4) is 0 Å². The summed E-state index contributed by atoms with van der Waals surface area (Å²) in [5.74, 6) is 0.435. The molecule has 138 valence electrons. The molecule has 25 heavy (non-hydrogen) atoms.